The number of rotatable bonds is 7. The van der Waals surface area contributed by atoms with Gasteiger partial charge in [-0.05, 0) is 105 Å². The number of aromatic nitrogens is 2. The molecule has 0 unspecified atom stereocenters. The third-order valence-electron chi connectivity index (χ3n) is 12.6. The van der Waals surface area contributed by atoms with Gasteiger partial charge in [0.1, 0.15) is 0 Å². The minimum absolute atomic E-state index is 1.15. The molecule has 12 rings (SSSR count). The van der Waals surface area contributed by atoms with Crippen LogP contribution in [-0.2, 0) is 0 Å². The molecule has 0 saturated carbocycles. The molecule has 2 heteroatoms. The van der Waals surface area contributed by atoms with Gasteiger partial charge in [-0.25, -0.2) is 0 Å². The summed E-state index contributed by atoms with van der Waals surface area (Å²) < 4.78 is 4.86. The van der Waals surface area contributed by atoms with Gasteiger partial charge < -0.3 is 9.13 Å². The van der Waals surface area contributed by atoms with Crippen molar-refractivity contribution < 1.29 is 0 Å². The Labute approximate surface area is 360 Å². The minimum atomic E-state index is 1.15. The fraction of sp³-hybridized carbons (Fsp3) is 0. The average Bonchev–Trinajstić information content (AvgIpc) is 3.87. The normalized spacial score (nSPS) is 11.5. The first-order valence-electron chi connectivity index (χ1n) is 21.3. The van der Waals surface area contributed by atoms with Crippen molar-refractivity contribution in [1.82, 2.24) is 9.13 Å². The SMILES string of the molecule is c1ccc(-c2ccc(-c3cccc(-n4c5ccccc5c5cc(-c6ccc7c(c6)c6ccccc6n7-c6ccccc6-c6ccc(-c7ccccc7)cc6)ccc54)c3)cc2)cc1. The molecule has 2 aromatic heterocycles. The first-order chi connectivity index (χ1) is 30.7. The van der Waals surface area contributed by atoms with E-state index in [4.69, 9.17) is 0 Å². The van der Waals surface area contributed by atoms with Gasteiger partial charge in [0.2, 0.25) is 0 Å². The van der Waals surface area contributed by atoms with Gasteiger partial charge in [-0.15, -0.1) is 0 Å². The van der Waals surface area contributed by atoms with Crippen molar-refractivity contribution in [3.63, 3.8) is 0 Å². The van der Waals surface area contributed by atoms with Crippen molar-refractivity contribution in [2.24, 2.45) is 0 Å². The summed E-state index contributed by atoms with van der Waals surface area (Å²) in [5.41, 5.74) is 19.2. The molecule has 0 fully saturated rings. The third-order valence-corrected chi connectivity index (χ3v) is 12.6. The second-order valence-corrected chi connectivity index (χ2v) is 16.1. The van der Waals surface area contributed by atoms with Crippen LogP contribution in [0, 0.1) is 0 Å². The first-order valence-corrected chi connectivity index (χ1v) is 21.3. The van der Waals surface area contributed by atoms with Gasteiger partial charge in [-0.1, -0.05) is 188 Å². The van der Waals surface area contributed by atoms with Crippen molar-refractivity contribution in [3.8, 4) is 67.0 Å². The molecule has 12 aromatic rings. The summed E-state index contributed by atoms with van der Waals surface area (Å²) in [5, 5.41) is 4.97. The summed E-state index contributed by atoms with van der Waals surface area (Å²) in [6.07, 6.45) is 0. The molecule has 290 valence electrons. The summed E-state index contributed by atoms with van der Waals surface area (Å²) in [5.74, 6) is 0. The van der Waals surface area contributed by atoms with E-state index >= 15 is 0 Å². The molecular formula is C60H40N2. The maximum atomic E-state index is 2.44. The van der Waals surface area contributed by atoms with E-state index in [0.29, 0.717) is 0 Å². The molecule has 2 heterocycles. The Kier molecular flexibility index (Phi) is 8.53. The molecule has 0 amide bonds. The van der Waals surface area contributed by atoms with Crippen molar-refractivity contribution in [2.45, 2.75) is 0 Å². The van der Waals surface area contributed by atoms with E-state index < -0.39 is 0 Å². The summed E-state index contributed by atoms with van der Waals surface area (Å²) in [4.78, 5) is 0. The Hall–Kier alpha value is -8.20. The highest BCUT2D eigenvalue weighted by Gasteiger charge is 2.18. The van der Waals surface area contributed by atoms with Crippen LogP contribution in [0.1, 0.15) is 0 Å². The highest BCUT2D eigenvalue weighted by atomic mass is 15.0. The predicted molar refractivity (Wildman–Crippen MR) is 262 cm³/mol. The van der Waals surface area contributed by atoms with Crippen LogP contribution in [0.4, 0.5) is 0 Å². The van der Waals surface area contributed by atoms with E-state index in [2.05, 4.69) is 252 Å². The zero-order valence-corrected chi connectivity index (χ0v) is 34.0. The molecule has 0 aliphatic rings. The van der Waals surface area contributed by atoms with E-state index in [1.165, 1.54) is 105 Å². The topological polar surface area (TPSA) is 9.86 Å². The van der Waals surface area contributed by atoms with Crippen LogP contribution in [0.3, 0.4) is 0 Å². The van der Waals surface area contributed by atoms with Gasteiger partial charge >= 0.3 is 0 Å². The smallest absolute Gasteiger partial charge is 0.0541 e. The molecule has 0 aliphatic heterocycles. The molecular weight excluding hydrogens is 749 g/mol. The zero-order valence-electron chi connectivity index (χ0n) is 34.0. The van der Waals surface area contributed by atoms with Gasteiger partial charge in [0, 0.05) is 32.8 Å². The van der Waals surface area contributed by atoms with Crippen LogP contribution in [0.25, 0.3) is 111 Å². The van der Waals surface area contributed by atoms with Gasteiger partial charge in [-0.3, -0.25) is 0 Å². The van der Waals surface area contributed by atoms with Crippen LogP contribution in [0.5, 0.6) is 0 Å². The highest BCUT2D eigenvalue weighted by molar-refractivity contribution is 6.13. The van der Waals surface area contributed by atoms with E-state index in [9.17, 15) is 0 Å². The average molecular weight is 789 g/mol. The van der Waals surface area contributed by atoms with E-state index in [0.717, 1.165) is 5.69 Å². The van der Waals surface area contributed by atoms with Crippen LogP contribution >= 0.6 is 0 Å². The van der Waals surface area contributed by atoms with Crippen LogP contribution in [0.15, 0.2) is 243 Å². The summed E-state index contributed by atoms with van der Waals surface area (Å²) in [6, 6.07) is 88.3. The summed E-state index contributed by atoms with van der Waals surface area (Å²) in [6.45, 7) is 0. The number of benzene rings is 10. The summed E-state index contributed by atoms with van der Waals surface area (Å²) >= 11 is 0. The second-order valence-electron chi connectivity index (χ2n) is 16.1. The second kappa shape index (κ2) is 14.8. The predicted octanol–water partition coefficient (Wildman–Crippen LogP) is 16.2. The van der Waals surface area contributed by atoms with Gasteiger partial charge in [-0.2, -0.15) is 0 Å². The molecule has 0 aliphatic carbocycles. The molecule has 2 nitrogen and oxygen atoms in total. The summed E-state index contributed by atoms with van der Waals surface area (Å²) in [7, 11) is 0. The standard InChI is InChI=1S/C60H40N2/c1-3-14-41(15-4-1)43-26-28-45(29-27-43)47-18-13-19-50(38-47)61-57-24-11-8-21-52(57)54-39-48(34-36-59(54)61)49-35-37-60-55(40-49)53-22-9-12-25-58(53)62(60)56-23-10-7-20-51(56)46-32-30-44(31-33-46)42-16-5-2-6-17-42/h1-40H. The Bertz CT molecular complexity index is 3590. The molecule has 10 aromatic carbocycles. The van der Waals surface area contributed by atoms with Crippen LogP contribution in [-0.4, -0.2) is 9.13 Å². The Morgan fingerprint density at radius 2 is 0.597 bits per heavy atom. The quantitative estimate of drug-likeness (QED) is 0.152. The van der Waals surface area contributed by atoms with E-state index in [1.54, 1.807) is 0 Å². The monoisotopic (exact) mass is 788 g/mol. The maximum absolute atomic E-state index is 2.44. The molecule has 62 heavy (non-hydrogen) atoms. The maximum Gasteiger partial charge on any atom is 0.0541 e. The first kappa shape index (κ1) is 35.7. The Morgan fingerprint density at radius 1 is 0.210 bits per heavy atom. The number of hydrogen-bond acceptors (Lipinski definition) is 0. The van der Waals surface area contributed by atoms with Crippen molar-refractivity contribution in [3.05, 3.63) is 243 Å². The Morgan fingerprint density at radius 3 is 1.19 bits per heavy atom. The van der Waals surface area contributed by atoms with Gasteiger partial charge in [0.25, 0.3) is 0 Å². The van der Waals surface area contributed by atoms with Crippen LogP contribution < -0.4 is 0 Å². The lowest BCUT2D eigenvalue weighted by Crippen LogP contribution is -1.97. The number of para-hydroxylation sites is 3. The minimum Gasteiger partial charge on any atom is -0.309 e. The molecule has 0 atom stereocenters. The number of fused-ring (bicyclic) bond motifs is 6. The lowest BCUT2D eigenvalue weighted by Gasteiger charge is -2.14. The van der Waals surface area contributed by atoms with E-state index in [-0.39, 0.29) is 0 Å². The van der Waals surface area contributed by atoms with E-state index in [1.807, 2.05) is 0 Å². The van der Waals surface area contributed by atoms with Crippen LogP contribution in [0.2, 0.25) is 0 Å². The van der Waals surface area contributed by atoms with Gasteiger partial charge in [0.05, 0.1) is 27.8 Å². The third kappa shape index (κ3) is 6.04. The zero-order chi connectivity index (χ0) is 41.0. The Balaban J connectivity index is 0.939. The fourth-order valence-electron chi connectivity index (χ4n) is 9.54. The largest absolute Gasteiger partial charge is 0.309 e. The number of nitrogens with zero attached hydrogens (tertiary/aromatic N) is 2. The van der Waals surface area contributed by atoms with Gasteiger partial charge in [0.15, 0.2) is 0 Å². The highest BCUT2D eigenvalue weighted by Crippen LogP contribution is 2.40. The molecule has 0 spiro atoms. The molecule has 0 bridgehead atoms. The van der Waals surface area contributed by atoms with Crippen molar-refractivity contribution in [2.75, 3.05) is 0 Å². The van der Waals surface area contributed by atoms with Crippen molar-refractivity contribution >= 4 is 43.6 Å². The van der Waals surface area contributed by atoms with Crippen molar-refractivity contribution in [1.29, 1.82) is 0 Å². The lowest BCUT2D eigenvalue weighted by atomic mass is 9.99. The molecule has 0 N–H and O–H groups in total. The molecule has 0 saturated heterocycles. The fourth-order valence-corrected chi connectivity index (χ4v) is 9.54. The lowest BCUT2D eigenvalue weighted by molar-refractivity contribution is 1.18. The molecule has 0 radical (unpaired) electrons. The number of hydrogen-bond donors (Lipinski definition) is 0.